The van der Waals surface area contributed by atoms with Gasteiger partial charge < -0.3 is 4.74 Å². The van der Waals surface area contributed by atoms with Crippen molar-refractivity contribution in [3.05, 3.63) is 29.8 Å². The van der Waals surface area contributed by atoms with Crippen LogP contribution >= 0.6 is 0 Å². The topological polar surface area (TPSA) is 79.2 Å². The summed E-state index contributed by atoms with van der Waals surface area (Å²) in [6.45, 7) is 1.64. The van der Waals surface area contributed by atoms with Crippen LogP contribution in [0.4, 0.5) is 0 Å². The van der Waals surface area contributed by atoms with E-state index in [2.05, 4.69) is 4.72 Å². The molecule has 0 spiro atoms. The lowest BCUT2D eigenvalue weighted by Crippen LogP contribution is -2.33. The number of rotatable bonds is 6. The minimum atomic E-state index is -3.53. The normalized spacial score (nSPS) is 12.7. The van der Waals surface area contributed by atoms with Crippen molar-refractivity contribution >= 4 is 10.0 Å². The third-order valence-corrected chi connectivity index (χ3v) is 4.17. The lowest BCUT2D eigenvalue weighted by Gasteiger charge is -2.08. The number of hydrogen-bond donors (Lipinski definition) is 1. The maximum Gasteiger partial charge on any atom is 0.227 e. The fourth-order valence-corrected chi connectivity index (χ4v) is 2.10. The third-order valence-electron chi connectivity index (χ3n) is 2.52. The second-order valence-electron chi connectivity index (χ2n) is 3.81. The number of ether oxygens (including phenoxy) is 1. The van der Waals surface area contributed by atoms with Crippen molar-refractivity contribution in [1.82, 2.24) is 4.72 Å². The number of benzene rings is 1. The smallest absolute Gasteiger partial charge is 0.227 e. The summed E-state index contributed by atoms with van der Waals surface area (Å²) in [6, 6.07) is 9.10. The van der Waals surface area contributed by atoms with Gasteiger partial charge in [-0.2, -0.15) is 5.26 Å². The van der Waals surface area contributed by atoms with Crippen LogP contribution in [-0.4, -0.2) is 27.3 Å². The van der Waals surface area contributed by atoms with Gasteiger partial charge in [0, 0.05) is 6.54 Å². The Balaban J connectivity index is 2.49. The lowest BCUT2D eigenvalue weighted by molar-refractivity contribution is 0.414. The Hall–Kier alpha value is -1.58. The molecule has 0 saturated heterocycles. The molecule has 18 heavy (non-hydrogen) atoms. The lowest BCUT2D eigenvalue weighted by atomic mass is 10.1. The molecule has 1 N–H and O–H groups in total. The van der Waals surface area contributed by atoms with Gasteiger partial charge in [0.1, 0.15) is 5.75 Å². The fraction of sp³-hybridized carbons (Fsp3) is 0.417. The second-order valence-corrected chi connectivity index (χ2v) is 5.89. The SMILES string of the molecule is COc1ccc(CCNS(=O)(=O)C(C)C#N)cc1. The molecular formula is C12H16N2O3S. The Bertz CT molecular complexity index is 517. The number of nitrogens with zero attached hydrogens (tertiary/aromatic N) is 1. The molecule has 0 aromatic heterocycles. The van der Waals surface area contributed by atoms with Gasteiger partial charge in [0.05, 0.1) is 13.2 Å². The minimum Gasteiger partial charge on any atom is -0.497 e. The van der Waals surface area contributed by atoms with Crippen molar-refractivity contribution in [3.8, 4) is 11.8 Å². The van der Waals surface area contributed by atoms with E-state index >= 15 is 0 Å². The standard InChI is InChI=1S/C12H16N2O3S/c1-10(9-13)18(15,16)14-8-7-11-3-5-12(17-2)6-4-11/h3-6,10,14H,7-8H2,1-2H3. The van der Waals surface area contributed by atoms with Crippen molar-refractivity contribution in [3.63, 3.8) is 0 Å². The molecule has 0 heterocycles. The zero-order valence-corrected chi connectivity index (χ0v) is 11.2. The Morgan fingerprint density at radius 2 is 2.00 bits per heavy atom. The number of nitriles is 1. The van der Waals surface area contributed by atoms with E-state index < -0.39 is 15.3 Å². The summed E-state index contributed by atoms with van der Waals surface area (Å²) in [6.07, 6.45) is 0.571. The number of methoxy groups -OCH3 is 1. The predicted molar refractivity (Wildman–Crippen MR) is 68.7 cm³/mol. The highest BCUT2D eigenvalue weighted by Gasteiger charge is 2.18. The Kier molecular flexibility index (Phi) is 5.13. The van der Waals surface area contributed by atoms with Gasteiger partial charge in [-0.15, -0.1) is 0 Å². The first-order valence-electron chi connectivity index (χ1n) is 5.50. The van der Waals surface area contributed by atoms with E-state index in [4.69, 9.17) is 10.00 Å². The highest BCUT2D eigenvalue weighted by molar-refractivity contribution is 7.90. The van der Waals surface area contributed by atoms with E-state index in [1.165, 1.54) is 6.92 Å². The molecule has 0 aliphatic rings. The van der Waals surface area contributed by atoms with Crippen LogP contribution in [0.25, 0.3) is 0 Å². The largest absolute Gasteiger partial charge is 0.497 e. The summed E-state index contributed by atoms with van der Waals surface area (Å²) in [7, 11) is -1.94. The van der Waals surface area contributed by atoms with E-state index in [1.807, 2.05) is 24.3 Å². The van der Waals surface area contributed by atoms with E-state index in [1.54, 1.807) is 13.2 Å². The molecule has 0 aliphatic heterocycles. The van der Waals surface area contributed by atoms with Crippen LogP contribution in [-0.2, 0) is 16.4 Å². The first kappa shape index (κ1) is 14.5. The molecule has 1 rings (SSSR count). The average Bonchev–Trinajstić information content (AvgIpc) is 2.38. The Labute approximate surface area is 107 Å². The summed E-state index contributed by atoms with van der Waals surface area (Å²) in [5.74, 6) is 0.762. The minimum absolute atomic E-state index is 0.278. The van der Waals surface area contributed by atoms with E-state index in [-0.39, 0.29) is 6.54 Å². The molecule has 1 aromatic carbocycles. The van der Waals surface area contributed by atoms with Gasteiger partial charge in [0.2, 0.25) is 10.0 Å². The molecule has 0 radical (unpaired) electrons. The average molecular weight is 268 g/mol. The van der Waals surface area contributed by atoms with Crippen molar-refractivity contribution in [1.29, 1.82) is 5.26 Å². The van der Waals surface area contributed by atoms with Crippen LogP contribution in [0, 0.1) is 11.3 Å². The summed E-state index contributed by atoms with van der Waals surface area (Å²) in [5, 5.41) is 7.53. The zero-order chi connectivity index (χ0) is 13.6. The van der Waals surface area contributed by atoms with Crippen molar-refractivity contribution < 1.29 is 13.2 Å². The van der Waals surface area contributed by atoms with Crippen LogP contribution in [0.2, 0.25) is 0 Å². The van der Waals surface area contributed by atoms with Gasteiger partial charge in [0.25, 0.3) is 0 Å². The quantitative estimate of drug-likeness (QED) is 0.837. The van der Waals surface area contributed by atoms with Crippen LogP contribution in [0.3, 0.4) is 0 Å². The molecule has 0 amide bonds. The molecule has 0 aliphatic carbocycles. The molecule has 0 saturated carbocycles. The molecule has 1 aromatic rings. The highest BCUT2D eigenvalue weighted by atomic mass is 32.2. The maximum atomic E-state index is 11.5. The highest BCUT2D eigenvalue weighted by Crippen LogP contribution is 2.11. The van der Waals surface area contributed by atoms with Gasteiger partial charge in [-0.1, -0.05) is 12.1 Å². The van der Waals surface area contributed by atoms with Crippen LogP contribution in [0.1, 0.15) is 12.5 Å². The number of nitrogens with one attached hydrogen (secondary N) is 1. The molecule has 5 nitrogen and oxygen atoms in total. The van der Waals surface area contributed by atoms with Crippen LogP contribution in [0.15, 0.2) is 24.3 Å². The maximum absolute atomic E-state index is 11.5. The van der Waals surface area contributed by atoms with Crippen LogP contribution in [0.5, 0.6) is 5.75 Å². The van der Waals surface area contributed by atoms with E-state index in [9.17, 15) is 8.42 Å². The van der Waals surface area contributed by atoms with Crippen LogP contribution < -0.4 is 9.46 Å². The first-order chi connectivity index (χ1) is 8.49. The Morgan fingerprint density at radius 1 is 1.39 bits per heavy atom. The number of sulfonamides is 1. The molecule has 6 heteroatoms. The van der Waals surface area contributed by atoms with Gasteiger partial charge >= 0.3 is 0 Å². The van der Waals surface area contributed by atoms with Crippen molar-refractivity contribution in [2.45, 2.75) is 18.6 Å². The molecule has 98 valence electrons. The summed E-state index contributed by atoms with van der Waals surface area (Å²) in [5.41, 5.74) is 1.00. The summed E-state index contributed by atoms with van der Waals surface area (Å²) < 4.78 is 30.4. The van der Waals surface area contributed by atoms with Crippen molar-refractivity contribution in [2.24, 2.45) is 0 Å². The second kappa shape index (κ2) is 6.38. The molecule has 1 atom stereocenters. The predicted octanol–water partition coefficient (Wildman–Crippen LogP) is 1.07. The number of hydrogen-bond acceptors (Lipinski definition) is 4. The van der Waals surface area contributed by atoms with E-state index in [0.717, 1.165) is 11.3 Å². The van der Waals surface area contributed by atoms with Gasteiger partial charge in [0.15, 0.2) is 5.25 Å². The molecule has 0 bridgehead atoms. The van der Waals surface area contributed by atoms with Gasteiger partial charge in [-0.05, 0) is 31.0 Å². The molecule has 1 unspecified atom stereocenters. The summed E-state index contributed by atoms with van der Waals surface area (Å²) >= 11 is 0. The third kappa shape index (κ3) is 4.02. The van der Waals surface area contributed by atoms with E-state index in [0.29, 0.717) is 6.42 Å². The summed E-state index contributed by atoms with van der Waals surface area (Å²) in [4.78, 5) is 0. The first-order valence-corrected chi connectivity index (χ1v) is 7.05. The monoisotopic (exact) mass is 268 g/mol. The van der Waals surface area contributed by atoms with Gasteiger partial charge in [-0.3, -0.25) is 0 Å². The molecular weight excluding hydrogens is 252 g/mol. The fourth-order valence-electron chi connectivity index (χ4n) is 1.32. The zero-order valence-electron chi connectivity index (χ0n) is 10.4. The Morgan fingerprint density at radius 3 is 2.50 bits per heavy atom. The molecule has 0 fully saturated rings. The van der Waals surface area contributed by atoms with Crippen molar-refractivity contribution in [2.75, 3.05) is 13.7 Å². The van der Waals surface area contributed by atoms with Gasteiger partial charge in [-0.25, -0.2) is 13.1 Å².